The number of hydrogen-bond acceptors (Lipinski definition) is 3. The smallest absolute Gasteiger partial charge is 0.123 e. The summed E-state index contributed by atoms with van der Waals surface area (Å²) in [4.78, 5) is 8.14. The van der Waals surface area contributed by atoms with Gasteiger partial charge in [-0.15, -0.1) is 0 Å². The third-order valence-corrected chi connectivity index (χ3v) is 3.36. The van der Waals surface area contributed by atoms with Gasteiger partial charge in [0.2, 0.25) is 0 Å². The number of aromatic nitrogens is 2. The van der Waals surface area contributed by atoms with Gasteiger partial charge in [-0.2, -0.15) is 0 Å². The van der Waals surface area contributed by atoms with E-state index in [2.05, 4.69) is 22.2 Å². The van der Waals surface area contributed by atoms with Crippen molar-refractivity contribution in [2.24, 2.45) is 0 Å². The highest BCUT2D eigenvalue weighted by molar-refractivity contribution is 5.29. The fourth-order valence-corrected chi connectivity index (χ4v) is 2.20. The first-order chi connectivity index (χ1) is 9.70. The molecule has 0 fully saturated rings. The molecule has 2 aromatic rings. The van der Waals surface area contributed by atoms with Gasteiger partial charge in [0.1, 0.15) is 12.1 Å². The van der Waals surface area contributed by atoms with Crippen LogP contribution in [0.5, 0.6) is 0 Å². The van der Waals surface area contributed by atoms with Gasteiger partial charge in [-0.3, -0.25) is 0 Å². The Bertz CT molecular complexity index is 543. The molecule has 2 rings (SSSR count). The third-order valence-electron chi connectivity index (χ3n) is 3.36. The van der Waals surface area contributed by atoms with E-state index in [1.54, 1.807) is 6.07 Å². The lowest BCUT2D eigenvalue weighted by Crippen LogP contribution is -2.24. The molecule has 20 heavy (non-hydrogen) atoms. The van der Waals surface area contributed by atoms with Crippen molar-refractivity contribution in [2.75, 3.05) is 6.54 Å². The molecule has 1 N–H and O–H groups in total. The van der Waals surface area contributed by atoms with Crippen LogP contribution in [0.1, 0.15) is 36.1 Å². The largest absolute Gasteiger partial charge is 0.310 e. The second kappa shape index (κ2) is 7.10. The number of nitrogens with one attached hydrogen (secondary N) is 1. The lowest BCUT2D eigenvalue weighted by atomic mass is 9.97. The van der Waals surface area contributed by atoms with E-state index in [0.717, 1.165) is 36.1 Å². The molecule has 3 nitrogen and oxygen atoms in total. The highest BCUT2D eigenvalue weighted by Gasteiger charge is 2.13. The molecule has 1 atom stereocenters. The molecule has 0 spiro atoms. The second-order valence-electron chi connectivity index (χ2n) is 4.95. The summed E-state index contributed by atoms with van der Waals surface area (Å²) >= 11 is 0. The average Bonchev–Trinajstić information content (AvgIpc) is 2.48. The molecule has 1 unspecified atom stereocenters. The molecular weight excluding hydrogens is 253 g/mol. The number of benzene rings is 1. The van der Waals surface area contributed by atoms with E-state index in [-0.39, 0.29) is 11.9 Å². The number of nitrogens with zero attached hydrogens (tertiary/aromatic N) is 2. The SMILES string of the molecule is CCCNC(Cc1cc(F)ccc1C)c1cncnc1. The highest BCUT2D eigenvalue weighted by Crippen LogP contribution is 2.20. The maximum atomic E-state index is 13.4. The maximum absolute atomic E-state index is 13.4. The van der Waals surface area contributed by atoms with Gasteiger partial charge in [0, 0.05) is 24.0 Å². The van der Waals surface area contributed by atoms with Crippen LogP contribution in [0.25, 0.3) is 0 Å². The van der Waals surface area contributed by atoms with Crippen molar-refractivity contribution in [3.05, 3.63) is 59.4 Å². The minimum Gasteiger partial charge on any atom is -0.310 e. The molecular formula is C16H20FN3. The fourth-order valence-electron chi connectivity index (χ4n) is 2.20. The minimum atomic E-state index is -0.191. The van der Waals surface area contributed by atoms with E-state index < -0.39 is 0 Å². The first kappa shape index (κ1) is 14.6. The van der Waals surface area contributed by atoms with Gasteiger partial charge in [0.05, 0.1) is 0 Å². The molecule has 0 saturated heterocycles. The van der Waals surface area contributed by atoms with Crippen LogP contribution in [0.4, 0.5) is 4.39 Å². The van der Waals surface area contributed by atoms with E-state index in [9.17, 15) is 4.39 Å². The number of aryl methyl sites for hydroxylation is 1. The predicted octanol–water partition coefficient (Wildman–Crippen LogP) is 3.21. The van der Waals surface area contributed by atoms with Crippen LogP contribution in [-0.4, -0.2) is 16.5 Å². The molecule has 1 heterocycles. The van der Waals surface area contributed by atoms with Crippen LogP contribution < -0.4 is 5.32 Å². The summed E-state index contributed by atoms with van der Waals surface area (Å²) in [6.45, 7) is 5.04. The van der Waals surface area contributed by atoms with Crippen molar-refractivity contribution < 1.29 is 4.39 Å². The van der Waals surface area contributed by atoms with E-state index in [1.165, 1.54) is 12.4 Å². The van der Waals surface area contributed by atoms with Gasteiger partial charge in [-0.1, -0.05) is 13.0 Å². The summed E-state index contributed by atoms with van der Waals surface area (Å²) in [7, 11) is 0. The van der Waals surface area contributed by atoms with Crippen molar-refractivity contribution in [3.63, 3.8) is 0 Å². The zero-order valence-electron chi connectivity index (χ0n) is 11.9. The van der Waals surface area contributed by atoms with Crippen molar-refractivity contribution in [1.29, 1.82) is 0 Å². The lowest BCUT2D eigenvalue weighted by Gasteiger charge is -2.19. The van der Waals surface area contributed by atoms with Crippen LogP contribution in [-0.2, 0) is 6.42 Å². The van der Waals surface area contributed by atoms with Crippen molar-refractivity contribution >= 4 is 0 Å². The Morgan fingerprint density at radius 1 is 1.25 bits per heavy atom. The Kier molecular flexibility index (Phi) is 5.18. The monoisotopic (exact) mass is 273 g/mol. The molecule has 0 saturated carbocycles. The Labute approximate surface area is 119 Å². The van der Waals surface area contributed by atoms with Crippen molar-refractivity contribution in [2.45, 2.75) is 32.7 Å². The number of halogens is 1. The molecule has 0 aliphatic carbocycles. The molecule has 106 valence electrons. The summed E-state index contributed by atoms with van der Waals surface area (Å²) in [5.41, 5.74) is 3.15. The molecule has 0 amide bonds. The Hall–Kier alpha value is -1.81. The predicted molar refractivity (Wildman–Crippen MR) is 77.9 cm³/mol. The highest BCUT2D eigenvalue weighted by atomic mass is 19.1. The summed E-state index contributed by atoms with van der Waals surface area (Å²) < 4.78 is 13.4. The van der Waals surface area contributed by atoms with Crippen LogP contribution >= 0.6 is 0 Å². The Morgan fingerprint density at radius 3 is 2.70 bits per heavy atom. The van der Waals surface area contributed by atoms with Gasteiger partial charge < -0.3 is 5.32 Å². The summed E-state index contributed by atoms with van der Waals surface area (Å²) in [6, 6.07) is 5.04. The summed E-state index contributed by atoms with van der Waals surface area (Å²) in [6.07, 6.45) is 6.93. The van der Waals surface area contributed by atoms with E-state index in [0.29, 0.717) is 0 Å². The van der Waals surface area contributed by atoms with Crippen LogP contribution in [0.2, 0.25) is 0 Å². The fraction of sp³-hybridized carbons (Fsp3) is 0.375. The first-order valence-corrected chi connectivity index (χ1v) is 6.94. The quantitative estimate of drug-likeness (QED) is 0.878. The molecule has 4 heteroatoms. The third kappa shape index (κ3) is 3.84. The van der Waals surface area contributed by atoms with Crippen LogP contribution in [0.3, 0.4) is 0 Å². The van der Waals surface area contributed by atoms with Gasteiger partial charge in [-0.05, 0) is 49.6 Å². The first-order valence-electron chi connectivity index (χ1n) is 6.94. The Balaban J connectivity index is 2.21. The maximum Gasteiger partial charge on any atom is 0.123 e. The van der Waals surface area contributed by atoms with E-state index in [1.807, 2.05) is 25.4 Å². The molecule has 0 aliphatic rings. The standard InChI is InChI=1S/C16H20FN3/c1-3-6-20-16(14-9-18-11-19-10-14)8-13-7-15(17)5-4-12(13)2/h4-5,7,9-11,16,20H,3,6,8H2,1-2H3. The zero-order chi connectivity index (χ0) is 14.4. The van der Waals surface area contributed by atoms with Crippen LogP contribution in [0, 0.1) is 12.7 Å². The van der Waals surface area contributed by atoms with Crippen LogP contribution in [0.15, 0.2) is 36.9 Å². The van der Waals surface area contributed by atoms with Gasteiger partial charge in [0.25, 0.3) is 0 Å². The summed E-state index contributed by atoms with van der Waals surface area (Å²) in [5, 5.41) is 3.48. The van der Waals surface area contributed by atoms with Crippen molar-refractivity contribution in [1.82, 2.24) is 15.3 Å². The van der Waals surface area contributed by atoms with Gasteiger partial charge >= 0.3 is 0 Å². The number of hydrogen-bond donors (Lipinski definition) is 1. The zero-order valence-corrected chi connectivity index (χ0v) is 11.9. The topological polar surface area (TPSA) is 37.8 Å². The van der Waals surface area contributed by atoms with E-state index in [4.69, 9.17) is 0 Å². The normalized spacial score (nSPS) is 12.3. The molecule has 0 aliphatic heterocycles. The summed E-state index contributed by atoms with van der Waals surface area (Å²) in [5.74, 6) is -0.191. The average molecular weight is 273 g/mol. The van der Waals surface area contributed by atoms with E-state index >= 15 is 0 Å². The molecule has 1 aromatic heterocycles. The molecule has 0 bridgehead atoms. The number of rotatable bonds is 6. The Morgan fingerprint density at radius 2 is 2.00 bits per heavy atom. The minimum absolute atomic E-state index is 0.108. The van der Waals surface area contributed by atoms with Gasteiger partial charge in [-0.25, -0.2) is 14.4 Å². The molecule has 0 radical (unpaired) electrons. The lowest BCUT2D eigenvalue weighted by molar-refractivity contribution is 0.523. The molecule has 1 aromatic carbocycles. The van der Waals surface area contributed by atoms with Crippen molar-refractivity contribution in [3.8, 4) is 0 Å². The second-order valence-corrected chi connectivity index (χ2v) is 4.95. The van der Waals surface area contributed by atoms with Gasteiger partial charge in [0.15, 0.2) is 0 Å².